The summed E-state index contributed by atoms with van der Waals surface area (Å²) in [4.78, 5) is 30.0. The summed E-state index contributed by atoms with van der Waals surface area (Å²) in [5.74, 6) is -0.230. The molecule has 1 heterocycles. The smallest absolute Gasteiger partial charge is 0.295 e. The Bertz CT molecular complexity index is 1040. The molecule has 1 unspecified atom stereocenters. The molecule has 2 aromatic carbocycles. The van der Waals surface area contributed by atoms with Crippen LogP contribution in [0.25, 0.3) is 5.76 Å². The van der Waals surface area contributed by atoms with E-state index < -0.39 is 17.7 Å². The maximum absolute atomic E-state index is 13.1. The lowest BCUT2D eigenvalue weighted by atomic mass is 9.95. The first-order valence-corrected chi connectivity index (χ1v) is 11.4. The second-order valence-corrected chi connectivity index (χ2v) is 7.92. The Morgan fingerprint density at radius 2 is 1.68 bits per heavy atom. The molecule has 7 nitrogen and oxygen atoms in total. The fourth-order valence-electron chi connectivity index (χ4n) is 4.05. The number of ether oxygens (including phenoxy) is 2. The molecular weight excluding hydrogens is 432 g/mol. The lowest BCUT2D eigenvalue weighted by Gasteiger charge is -2.28. The molecule has 1 amide bonds. The number of likely N-dealkylation sites (N-methyl/N-ethyl adjacent to an activating group) is 1. The number of aliphatic hydroxyl groups is 1. The topological polar surface area (TPSA) is 79.3 Å². The number of rotatable bonds is 11. The largest absolute Gasteiger partial charge is 0.507 e. The summed E-state index contributed by atoms with van der Waals surface area (Å²) in [5.41, 5.74) is 1.24. The number of carbonyl (C=O) groups is 2. The second kappa shape index (κ2) is 11.5. The van der Waals surface area contributed by atoms with Gasteiger partial charge in [-0.15, -0.1) is 0 Å². The first-order chi connectivity index (χ1) is 16.4. The van der Waals surface area contributed by atoms with E-state index in [0.29, 0.717) is 36.8 Å². The molecule has 1 N–H and O–H groups in total. The Hall–Kier alpha value is -3.58. The van der Waals surface area contributed by atoms with Crippen molar-refractivity contribution in [3.05, 3.63) is 77.9 Å². The van der Waals surface area contributed by atoms with Gasteiger partial charge in [0.2, 0.25) is 0 Å². The number of hydrogen-bond acceptors (Lipinski definition) is 6. The van der Waals surface area contributed by atoms with Crippen molar-refractivity contribution in [1.29, 1.82) is 0 Å². The van der Waals surface area contributed by atoms with Gasteiger partial charge >= 0.3 is 0 Å². The molecule has 180 valence electrons. The van der Waals surface area contributed by atoms with Gasteiger partial charge < -0.3 is 24.4 Å². The maximum atomic E-state index is 13.1. The van der Waals surface area contributed by atoms with E-state index >= 15 is 0 Å². The van der Waals surface area contributed by atoms with Gasteiger partial charge in [-0.3, -0.25) is 9.59 Å². The third kappa shape index (κ3) is 5.31. The van der Waals surface area contributed by atoms with Gasteiger partial charge in [-0.05, 0) is 55.1 Å². The van der Waals surface area contributed by atoms with Gasteiger partial charge in [-0.2, -0.15) is 0 Å². The lowest BCUT2D eigenvalue weighted by molar-refractivity contribution is -0.140. The summed E-state index contributed by atoms with van der Waals surface area (Å²) in [5, 5.41) is 11.2. The number of nitrogens with zero attached hydrogens (tertiary/aromatic N) is 2. The highest BCUT2D eigenvalue weighted by molar-refractivity contribution is 6.46. The summed E-state index contributed by atoms with van der Waals surface area (Å²) in [6, 6.07) is 13.3. The molecule has 0 radical (unpaired) electrons. The van der Waals surface area contributed by atoms with Crippen molar-refractivity contribution < 1.29 is 24.2 Å². The van der Waals surface area contributed by atoms with Gasteiger partial charge in [0, 0.05) is 18.7 Å². The number of carbonyl (C=O) groups excluding carboxylic acids is 2. The molecule has 0 aliphatic carbocycles. The quantitative estimate of drug-likeness (QED) is 0.234. The Morgan fingerprint density at radius 3 is 2.24 bits per heavy atom. The van der Waals surface area contributed by atoms with Gasteiger partial charge in [0.25, 0.3) is 11.7 Å². The molecule has 2 aromatic rings. The van der Waals surface area contributed by atoms with Crippen molar-refractivity contribution in [3.8, 4) is 11.5 Å². The monoisotopic (exact) mass is 464 g/mol. The van der Waals surface area contributed by atoms with Crippen LogP contribution in [0.5, 0.6) is 11.5 Å². The predicted octanol–water partition coefficient (Wildman–Crippen LogP) is 4.02. The van der Waals surface area contributed by atoms with Crippen molar-refractivity contribution in [1.82, 2.24) is 9.80 Å². The molecule has 1 aliphatic rings. The summed E-state index contributed by atoms with van der Waals surface area (Å²) >= 11 is 0. The van der Waals surface area contributed by atoms with Crippen molar-refractivity contribution >= 4 is 17.4 Å². The number of hydrogen-bond donors (Lipinski definition) is 1. The average Bonchev–Trinajstić information content (AvgIpc) is 3.13. The fraction of sp³-hybridized carbons (Fsp3) is 0.333. The first kappa shape index (κ1) is 25.1. The summed E-state index contributed by atoms with van der Waals surface area (Å²) in [6.45, 7) is 10.8. The minimum absolute atomic E-state index is 0.0782. The van der Waals surface area contributed by atoms with Crippen LogP contribution < -0.4 is 9.47 Å². The van der Waals surface area contributed by atoms with Crippen molar-refractivity contribution in [2.45, 2.75) is 19.9 Å². The minimum atomic E-state index is -0.696. The van der Waals surface area contributed by atoms with E-state index in [1.165, 1.54) is 0 Å². The number of methoxy groups -OCH3 is 1. The number of benzene rings is 2. The average molecular weight is 465 g/mol. The number of amides is 1. The zero-order valence-electron chi connectivity index (χ0n) is 20.0. The molecule has 0 spiro atoms. The van der Waals surface area contributed by atoms with Crippen LogP contribution in [0, 0.1) is 0 Å². The van der Waals surface area contributed by atoms with Gasteiger partial charge in [-0.1, -0.05) is 38.6 Å². The molecule has 7 heteroatoms. The van der Waals surface area contributed by atoms with Gasteiger partial charge in [0.05, 0.1) is 18.7 Å². The highest BCUT2D eigenvalue weighted by Gasteiger charge is 2.45. The van der Waals surface area contributed by atoms with E-state index in [1.807, 2.05) is 12.1 Å². The predicted molar refractivity (Wildman–Crippen MR) is 132 cm³/mol. The number of likely N-dealkylation sites (tertiary alicyclic amines) is 1. The summed E-state index contributed by atoms with van der Waals surface area (Å²) in [6.07, 6.45) is 1.64. The van der Waals surface area contributed by atoms with Crippen LogP contribution in [-0.2, 0) is 9.59 Å². The molecule has 0 bridgehead atoms. The molecule has 3 rings (SSSR count). The molecular formula is C27H32N2O5. The van der Waals surface area contributed by atoms with Crippen LogP contribution in [0.4, 0.5) is 0 Å². The van der Waals surface area contributed by atoms with Crippen LogP contribution in [-0.4, -0.2) is 66.5 Å². The van der Waals surface area contributed by atoms with Crippen molar-refractivity contribution in [3.63, 3.8) is 0 Å². The molecule has 1 aliphatic heterocycles. The van der Waals surface area contributed by atoms with Crippen molar-refractivity contribution in [2.75, 3.05) is 39.9 Å². The number of aliphatic hydroxyl groups excluding tert-OH is 1. The Balaban J connectivity index is 2.03. The molecule has 34 heavy (non-hydrogen) atoms. The zero-order chi connectivity index (χ0) is 24.7. The Labute approximate surface area is 200 Å². The van der Waals surface area contributed by atoms with Crippen LogP contribution in [0.15, 0.2) is 66.8 Å². The fourth-order valence-corrected chi connectivity index (χ4v) is 4.05. The standard InChI is InChI=1S/C27H32N2O5/c1-5-18-34-22-14-10-20(11-15-22)25(30)23-24(19-8-12-21(33-4)13-9-19)29(27(32)26(23)31)17-16-28(6-2)7-3/h5,8-15,24,30H,1,6-7,16-18H2,2-4H3. The van der Waals surface area contributed by atoms with Crippen LogP contribution in [0.1, 0.15) is 31.0 Å². The minimum Gasteiger partial charge on any atom is -0.507 e. The highest BCUT2D eigenvalue weighted by Crippen LogP contribution is 2.39. The molecule has 1 saturated heterocycles. The third-order valence-electron chi connectivity index (χ3n) is 6.02. The van der Waals surface area contributed by atoms with Gasteiger partial charge in [-0.25, -0.2) is 0 Å². The molecule has 0 aromatic heterocycles. The maximum Gasteiger partial charge on any atom is 0.295 e. The van der Waals surface area contributed by atoms with E-state index in [4.69, 9.17) is 9.47 Å². The van der Waals surface area contributed by atoms with E-state index in [9.17, 15) is 14.7 Å². The van der Waals surface area contributed by atoms with Crippen LogP contribution in [0.2, 0.25) is 0 Å². The van der Waals surface area contributed by atoms with Gasteiger partial charge in [0.15, 0.2) is 0 Å². The molecule has 0 saturated carbocycles. The number of Topliss-reactive ketones (excluding diaryl/α,β-unsaturated/α-hetero) is 1. The van der Waals surface area contributed by atoms with Gasteiger partial charge in [0.1, 0.15) is 23.9 Å². The van der Waals surface area contributed by atoms with Crippen LogP contribution in [0.3, 0.4) is 0 Å². The third-order valence-corrected chi connectivity index (χ3v) is 6.02. The summed E-state index contributed by atoms with van der Waals surface area (Å²) in [7, 11) is 1.58. The van der Waals surface area contributed by atoms with Crippen LogP contribution >= 0.6 is 0 Å². The van der Waals surface area contributed by atoms with E-state index in [1.54, 1.807) is 54.5 Å². The highest BCUT2D eigenvalue weighted by atomic mass is 16.5. The van der Waals surface area contributed by atoms with E-state index in [0.717, 1.165) is 18.7 Å². The Morgan fingerprint density at radius 1 is 1.06 bits per heavy atom. The molecule has 1 atom stereocenters. The normalized spacial score (nSPS) is 17.3. The zero-order valence-corrected chi connectivity index (χ0v) is 20.0. The van der Waals surface area contributed by atoms with E-state index in [-0.39, 0.29) is 11.3 Å². The first-order valence-electron chi connectivity index (χ1n) is 11.4. The second-order valence-electron chi connectivity index (χ2n) is 7.92. The summed E-state index contributed by atoms with van der Waals surface area (Å²) < 4.78 is 10.8. The Kier molecular flexibility index (Phi) is 8.49. The van der Waals surface area contributed by atoms with Crippen molar-refractivity contribution in [2.24, 2.45) is 0 Å². The molecule has 1 fully saturated rings. The SMILES string of the molecule is C=CCOc1ccc(C(O)=C2C(=O)C(=O)N(CCN(CC)CC)C2c2ccc(OC)cc2)cc1. The lowest BCUT2D eigenvalue weighted by Crippen LogP contribution is -2.38. The number of ketones is 1. The van der Waals surface area contributed by atoms with E-state index in [2.05, 4.69) is 25.3 Å².